The number of hydrogen-bond donors (Lipinski definition) is 2. The summed E-state index contributed by atoms with van der Waals surface area (Å²) in [5.41, 5.74) is 0.119. The molecular weight excluding hydrogens is 252 g/mol. The molecule has 0 aliphatic carbocycles. The van der Waals surface area contributed by atoms with E-state index in [9.17, 15) is 13.9 Å². The van der Waals surface area contributed by atoms with Crippen molar-refractivity contribution in [3.8, 4) is 0 Å². The first-order valence-corrected chi connectivity index (χ1v) is 6.48. The van der Waals surface area contributed by atoms with Crippen molar-refractivity contribution in [2.24, 2.45) is 0 Å². The lowest BCUT2D eigenvalue weighted by Gasteiger charge is -2.13. The molecule has 3 nitrogen and oxygen atoms in total. The van der Waals surface area contributed by atoms with Crippen LogP contribution in [0.4, 0.5) is 8.78 Å². The summed E-state index contributed by atoms with van der Waals surface area (Å²) >= 11 is 0. The summed E-state index contributed by atoms with van der Waals surface area (Å²) in [6, 6.07) is 3.20. The second kappa shape index (κ2) is 8.96. The van der Waals surface area contributed by atoms with Crippen molar-refractivity contribution >= 4 is 0 Å². The molecule has 0 radical (unpaired) electrons. The number of methoxy groups -OCH3 is 1. The standard InChI is InChI=1S/C14H21F2NO2/c1-19-8-4-2-3-7-17-10-14(18)12-6-5-11(15)9-13(12)16/h5-6,9,14,17-18H,2-4,7-8,10H2,1H3. The third-order valence-electron chi connectivity index (χ3n) is 2.86. The molecule has 0 fully saturated rings. The first-order chi connectivity index (χ1) is 9.15. The molecule has 1 rings (SSSR count). The first-order valence-electron chi connectivity index (χ1n) is 6.48. The molecule has 0 spiro atoms. The van der Waals surface area contributed by atoms with Gasteiger partial charge < -0.3 is 15.2 Å². The molecule has 0 saturated heterocycles. The molecular formula is C14H21F2NO2. The summed E-state index contributed by atoms with van der Waals surface area (Å²) < 4.78 is 31.0. The van der Waals surface area contributed by atoms with Crippen molar-refractivity contribution in [3.05, 3.63) is 35.4 Å². The second-order valence-electron chi connectivity index (χ2n) is 4.44. The van der Waals surface area contributed by atoms with Gasteiger partial charge >= 0.3 is 0 Å². The minimum atomic E-state index is -0.959. The smallest absolute Gasteiger partial charge is 0.131 e. The van der Waals surface area contributed by atoms with Gasteiger partial charge in [-0.2, -0.15) is 0 Å². The van der Waals surface area contributed by atoms with E-state index in [0.29, 0.717) is 0 Å². The Morgan fingerprint density at radius 2 is 2.05 bits per heavy atom. The number of nitrogens with one attached hydrogen (secondary N) is 1. The van der Waals surface area contributed by atoms with Gasteiger partial charge in [-0.3, -0.25) is 0 Å². The highest BCUT2D eigenvalue weighted by Crippen LogP contribution is 2.17. The highest BCUT2D eigenvalue weighted by molar-refractivity contribution is 5.21. The van der Waals surface area contributed by atoms with Crippen LogP contribution in [-0.4, -0.2) is 31.9 Å². The lowest BCUT2D eigenvalue weighted by molar-refractivity contribution is 0.169. The highest BCUT2D eigenvalue weighted by Gasteiger charge is 2.12. The molecule has 0 aliphatic rings. The monoisotopic (exact) mass is 273 g/mol. The molecule has 0 aliphatic heterocycles. The summed E-state index contributed by atoms with van der Waals surface area (Å²) in [5, 5.41) is 12.8. The van der Waals surface area contributed by atoms with Crippen LogP contribution < -0.4 is 5.32 Å². The van der Waals surface area contributed by atoms with Crippen LogP contribution in [0.2, 0.25) is 0 Å². The third-order valence-corrected chi connectivity index (χ3v) is 2.86. The molecule has 19 heavy (non-hydrogen) atoms. The van der Waals surface area contributed by atoms with Crippen LogP contribution in [0.3, 0.4) is 0 Å². The van der Waals surface area contributed by atoms with Gasteiger partial charge in [0.15, 0.2) is 0 Å². The van der Waals surface area contributed by atoms with Gasteiger partial charge in [0.1, 0.15) is 11.6 Å². The molecule has 0 amide bonds. The van der Waals surface area contributed by atoms with Crippen LogP contribution >= 0.6 is 0 Å². The van der Waals surface area contributed by atoms with E-state index in [1.54, 1.807) is 7.11 Å². The fourth-order valence-corrected chi connectivity index (χ4v) is 1.79. The van der Waals surface area contributed by atoms with Gasteiger partial charge in [-0.15, -0.1) is 0 Å². The van der Waals surface area contributed by atoms with Gasteiger partial charge in [-0.1, -0.05) is 6.07 Å². The van der Waals surface area contributed by atoms with E-state index in [1.165, 1.54) is 6.07 Å². The van der Waals surface area contributed by atoms with Crippen LogP contribution in [-0.2, 0) is 4.74 Å². The van der Waals surface area contributed by atoms with Crippen molar-refractivity contribution in [1.82, 2.24) is 5.32 Å². The minimum absolute atomic E-state index is 0.119. The number of hydrogen-bond acceptors (Lipinski definition) is 3. The Bertz CT molecular complexity index is 374. The van der Waals surface area contributed by atoms with E-state index in [0.717, 1.165) is 44.5 Å². The zero-order chi connectivity index (χ0) is 14.1. The van der Waals surface area contributed by atoms with Crippen LogP contribution in [0.1, 0.15) is 30.9 Å². The maximum atomic E-state index is 13.4. The molecule has 1 aromatic carbocycles. The Labute approximate surface area is 112 Å². The predicted molar refractivity (Wildman–Crippen MR) is 69.9 cm³/mol. The molecule has 5 heteroatoms. The summed E-state index contributed by atoms with van der Waals surface area (Å²) in [5.74, 6) is -1.35. The van der Waals surface area contributed by atoms with E-state index < -0.39 is 17.7 Å². The Morgan fingerprint density at radius 1 is 1.26 bits per heavy atom. The van der Waals surface area contributed by atoms with Crippen molar-refractivity contribution < 1.29 is 18.6 Å². The Balaban J connectivity index is 2.22. The normalized spacial score (nSPS) is 12.6. The van der Waals surface area contributed by atoms with Crippen LogP contribution in [0.25, 0.3) is 0 Å². The SMILES string of the molecule is COCCCCCNCC(O)c1ccc(F)cc1F. The highest BCUT2D eigenvalue weighted by atomic mass is 19.1. The van der Waals surface area contributed by atoms with Crippen molar-refractivity contribution in [2.75, 3.05) is 26.8 Å². The number of aliphatic hydroxyl groups is 1. The molecule has 0 bridgehead atoms. The summed E-state index contributed by atoms with van der Waals surface area (Å²) in [4.78, 5) is 0. The molecule has 1 unspecified atom stereocenters. The molecule has 1 aromatic rings. The summed E-state index contributed by atoms with van der Waals surface area (Å²) in [7, 11) is 1.67. The van der Waals surface area contributed by atoms with Gasteiger partial charge in [-0.05, 0) is 31.9 Å². The number of rotatable bonds is 9. The molecule has 1 atom stereocenters. The largest absolute Gasteiger partial charge is 0.387 e. The lowest BCUT2D eigenvalue weighted by atomic mass is 10.1. The van der Waals surface area contributed by atoms with E-state index in [2.05, 4.69) is 5.32 Å². The van der Waals surface area contributed by atoms with Crippen molar-refractivity contribution in [3.63, 3.8) is 0 Å². The average Bonchev–Trinajstić information content (AvgIpc) is 2.37. The number of unbranched alkanes of at least 4 members (excludes halogenated alkanes) is 2. The lowest BCUT2D eigenvalue weighted by Crippen LogP contribution is -2.23. The minimum Gasteiger partial charge on any atom is -0.387 e. The maximum absolute atomic E-state index is 13.4. The van der Waals surface area contributed by atoms with E-state index in [4.69, 9.17) is 4.74 Å². The van der Waals surface area contributed by atoms with E-state index in [1.807, 2.05) is 0 Å². The van der Waals surface area contributed by atoms with Gasteiger partial charge in [0.05, 0.1) is 6.10 Å². The zero-order valence-corrected chi connectivity index (χ0v) is 11.2. The van der Waals surface area contributed by atoms with Crippen molar-refractivity contribution in [1.29, 1.82) is 0 Å². The van der Waals surface area contributed by atoms with Crippen LogP contribution in [0.5, 0.6) is 0 Å². The van der Waals surface area contributed by atoms with E-state index in [-0.39, 0.29) is 12.1 Å². The Morgan fingerprint density at radius 3 is 2.74 bits per heavy atom. The fraction of sp³-hybridized carbons (Fsp3) is 0.571. The summed E-state index contributed by atoms with van der Waals surface area (Å²) in [6.07, 6.45) is 2.07. The topological polar surface area (TPSA) is 41.5 Å². The average molecular weight is 273 g/mol. The van der Waals surface area contributed by atoms with Gasteiger partial charge in [-0.25, -0.2) is 8.78 Å². The third kappa shape index (κ3) is 6.09. The molecule has 2 N–H and O–H groups in total. The molecule has 0 heterocycles. The van der Waals surface area contributed by atoms with Crippen LogP contribution in [0.15, 0.2) is 18.2 Å². The number of aliphatic hydroxyl groups excluding tert-OH is 1. The molecule has 108 valence electrons. The first kappa shape index (κ1) is 16.0. The Kier molecular flexibility index (Phi) is 7.55. The second-order valence-corrected chi connectivity index (χ2v) is 4.44. The number of halogens is 2. The quantitative estimate of drug-likeness (QED) is 0.679. The molecule has 0 aromatic heterocycles. The Hall–Kier alpha value is -1.04. The maximum Gasteiger partial charge on any atom is 0.131 e. The van der Waals surface area contributed by atoms with Crippen LogP contribution in [0, 0.1) is 11.6 Å². The van der Waals surface area contributed by atoms with E-state index >= 15 is 0 Å². The van der Waals surface area contributed by atoms with Crippen molar-refractivity contribution in [2.45, 2.75) is 25.4 Å². The zero-order valence-electron chi connectivity index (χ0n) is 11.2. The fourth-order valence-electron chi connectivity index (χ4n) is 1.79. The predicted octanol–water partition coefficient (Wildman–Crippen LogP) is 2.40. The van der Waals surface area contributed by atoms with Gasteiger partial charge in [0.2, 0.25) is 0 Å². The number of benzene rings is 1. The number of ether oxygens (including phenoxy) is 1. The van der Waals surface area contributed by atoms with Gasteiger partial charge in [0, 0.05) is 31.9 Å². The summed E-state index contributed by atoms with van der Waals surface area (Å²) in [6.45, 7) is 1.76. The molecule has 0 saturated carbocycles. The van der Waals surface area contributed by atoms with Gasteiger partial charge in [0.25, 0.3) is 0 Å².